The fourth-order valence-electron chi connectivity index (χ4n) is 2.26. The lowest BCUT2D eigenvalue weighted by Gasteiger charge is -2.07. The van der Waals surface area contributed by atoms with Crippen LogP contribution in [0.5, 0.6) is 5.75 Å². The third-order valence-corrected chi connectivity index (χ3v) is 3.70. The van der Waals surface area contributed by atoms with Crippen LogP contribution in [0.3, 0.4) is 0 Å². The molecule has 0 unspecified atom stereocenters. The van der Waals surface area contributed by atoms with Gasteiger partial charge in [-0.2, -0.15) is 0 Å². The average Bonchev–Trinajstić information content (AvgIpc) is 2.55. The van der Waals surface area contributed by atoms with Crippen molar-refractivity contribution < 1.29 is 5.11 Å². The lowest BCUT2D eigenvalue weighted by molar-refractivity contribution is 0.477. The van der Waals surface area contributed by atoms with Crippen LogP contribution in [0.2, 0.25) is 5.02 Å². The molecule has 22 heavy (non-hydrogen) atoms. The van der Waals surface area contributed by atoms with Crippen molar-refractivity contribution in [3.05, 3.63) is 83.1 Å². The van der Waals surface area contributed by atoms with Gasteiger partial charge in [0.25, 0.3) is 0 Å². The molecule has 0 aliphatic carbocycles. The quantitative estimate of drug-likeness (QED) is 0.714. The predicted octanol–water partition coefficient (Wildman–Crippen LogP) is 5.28. The van der Waals surface area contributed by atoms with Gasteiger partial charge in [-0.05, 0) is 29.8 Å². The fraction of sp³-hybridized carbons (Fsp3) is 0. The van der Waals surface area contributed by atoms with E-state index in [2.05, 4.69) is 4.98 Å². The Balaban J connectivity index is 2.03. The molecule has 3 heteroatoms. The molecule has 2 aromatic carbocycles. The monoisotopic (exact) mass is 307 g/mol. The maximum Gasteiger partial charge on any atom is 0.123 e. The van der Waals surface area contributed by atoms with Crippen molar-refractivity contribution in [1.82, 2.24) is 4.98 Å². The second-order valence-corrected chi connectivity index (χ2v) is 5.22. The highest BCUT2D eigenvalue weighted by molar-refractivity contribution is 6.32. The van der Waals surface area contributed by atoms with Crippen molar-refractivity contribution >= 4 is 23.8 Å². The van der Waals surface area contributed by atoms with Crippen LogP contribution in [0, 0.1) is 0 Å². The Kier molecular flexibility index (Phi) is 4.22. The van der Waals surface area contributed by atoms with E-state index in [1.807, 2.05) is 60.7 Å². The number of hydrogen-bond donors (Lipinski definition) is 1. The van der Waals surface area contributed by atoms with Crippen molar-refractivity contribution in [1.29, 1.82) is 0 Å². The number of aromatic nitrogens is 1. The molecule has 0 radical (unpaired) electrons. The molecule has 0 bridgehead atoms. The summed E-state index contributed by atoms with van der Waals surface area (Å²) in [5.41, 5.74) is 3.35. The van der Waals surface area contributed by atoms with E-state index in [0.29, 0.717) is 5.02 Å². The summed E-state index contributed by atoms with van der Waals surface area (Å²) >= 11 is 6.16. The number of nitrogens with zero attached hydrogens (tertiary/aromatic N) is 1. The zero-order valence-corrected chi connectivity index (χ0v) is 12.5. The first-order valence-corrected chi connectivity index (χ1v) is 7.29. The molecule has 1 N–H and O–H groups in total. The minimum absolute atomic E-state index is 0.239. The van der Waals surface area contributed by atoms with Gasteiger partial charge in [0.05, 0.1) is 5.69 Å². The molecule has 0 atom stereocenters. The molecule has 0 aliphatic rings. The zero-order chi connectivity index (χ0) is 15.4. The average molecular weight is 308 g/mol. The minimum Gasteiger partial charge on any atom is -0.507 e. The predicted molar refractivity (Wildman–Crippen MR) is 91.7 cm³/mol. The highest BCUT2D eigenvalue weighted by Crippen LogP contribution is 2.31. The number of rotatable bonds is 3. The number of halogens is 1. The van der Waals surface area contributed by atoms with Gasteiger partial charge in [-0.25, -0.2) is 0 Å². The molecule has 1 heterocycles. The molecule has 1 aromatic heterocycles. The summed E-state index contributed by atoms with van der Waals surface area (Å²) < 4.78 is 0. The maximum absolute atomic E-state index is 10.0. The van der Waals surface area contributed by atoms with E-state index in [0.717, 1.165) is 22.4 Å². The van der Waals surface area contributed by atoms with E-state index in [1.54, 1.807) is 18.3 Å². The summed E-state index contributed by atoms with van der Waals surface area (Å²) in [5.74, 6) is 0.239. The van der Waals surface area contributed by atoms with Crippen molar-refractivity contribution in [3.63, 3.8) is 0 Å². The first kappa shape index (κ1) is 14.4. The van der Waals surface area contributed by atoms with Crippen LogP contribution in [-0.2, 0) is 0 Å². The number of hydrogen-bond acceptors (Lipinski definition) is 2. The molecular formula is C19H14ClNO. The van der Waals surface area contributed by atoms with Gasteiger partial charge >= 0.3 is 0 Å². The smallest absolute Gasteiger partial charge is 0.123 e. The van der Waals surface area contributed by atoms with Crippen molar-refractivity contribution in [2.45, 2.75) is 0 Å². The highest BCUT2D eigenvalue weighted by atomic mass is 35.5. The summed E-state index contributed by atoms with van der Waals surface area (Å²) in [6.45, 7) is 0. The largest absolute Gasteiger partial charge is 0.507 e. The van der Waals surface area contributed by atoms with Gasteiger partial charge in [-0.15, -0.1) is 0 Å². The Morgan fingerprint density at radius 3 is 2.36 bits per heavy atom. The Labute approximate surface area is 134 Å². The summed E-state index contributed by atoms with van der Waals surface area (Å²) in [5, 5.41) is 10.7. The Morgan fingerprint density at radius 2 is 1.55 bits per heavy atom. The van der Waals surface area contributed by atoms with Gasteiger partial charge in [0.2, 0.25) is 0 Å². The molecule has 2 nitrogen and oxygen atoms in total. The molecule has 0 fully saturated rings. The molecule has 108 valence electrons. The molecule has 0 saturated heterocycles. The lowest BCUT2D eigenvalue weighted by atomic mass is 10.0. The summed E-state index contributed by atoms with van der Waals surface area (Å²) in [6, 6.07) is 18.7. The molecular weight excluding hydrogens is 294 g/mol. The van der Waals surface area contributed by atoms with E-state index < -0.39 is 0 Å². The molecule has 0 aliphatic heterocycles. The summed E-state index contributed by atoms with van der Waals surface area (Å²) in [4.78, 5) is 4.40. The third kappa shape index (κ3) is 3.02. The van der Waals surface area contributed by atoms with E-state index in [-0.39, 0.29) is 5.75 Å². The molecule has 3 aromatic rings. The van der Waals surface area contributed by atoms with E-state index in [1.165, 1.54) is 0 Å². The number of aromatic hydroxyl groups is 1. The van der Waals surface area contributed by atoms with Gasteiger partial charge in [-0.1, -0.05) is 60.1 Å². The van der Waals surface area contributed by atoms with Crippen molar-refractivity contribution in [2.75, 3.05) is 0 Å². The van der Waals surface area contributed by atoms with Crippen LogP contribution in [0.1, 0.15) is 11.3 Å². The zero-order valence-electron chi connectivity index (χ0n) is 11.8. The van der Waals surface area contributed by atoms with Crippen LogP contribution in [-0.4, -0.2) is 10.1 Å². The lowest BCUT2D eigenvalue weighted by Crippen LogP contribution is -1.87. The van der Waals surface area contributed by atoms with Crippen LogP contribution < -0.4 is 0 Å². The number of phenols is 1. The standard InChI is InChI=1S/C19H14ClNO/c20-17-9-3-1-6-14(17)11-12-18-15(8-5-13-21-18)16-7-2-4-10-19(16)22/h1-13,22H. The second kappa shape index (κ2) is 6.46. The number of para-hydroxylation sites is 1. The van der Waals surface area contributed by atoms with E-state index in [9.17, 15) is 5.11 Å². The van der Waals surface area contributed by atoms with E-state index >= 15 is 0 Å². The van der Waals surface area contributed by atoms with Gasteiger partial charge < -0.3 is 5.11 Å². The van der Waals surface area contributed by atoms with Crippen LogP contribution in [0.15, 0.2) is 66.9 Å². The molecule has 0 saturated carbocycles. The molecule has 0 spiro atoms. The Hall–Kier alpha value is -2.58. The summed E-state index contributed by atoms with van der Waals surface area (Å²) in [7, 11) is 0. The Morgan fingerprint density at radius 1 is 0.818 bits per heavy atom. The van der Waals surface area contributed by atoms with Gasteiger partial charge in [0, 0.05) is 22.3 Å². The van der Waals surface area contributed by atoms with Gasteiger partial charge in [0.1, 0.15) is 5.75 Å². The highest BCUT2D eigenvalue weighted by Gasteiger charge is 2.07. The van der Waals surface area contributed by atoms with Gasteiger partial charge in [-0.3, -0.25) is 4.98 Å². The first-order valence-electron chi connectivity index (χ1n) is 6.92. The third-order valence-electron chi connectivity index (χ3n) is 3.36. The maximum atomic E-state index is 10.0. The number of pyridine rings is 1. The van der Waals surface area contributed by atoms with Crippen molar-refractivity contribution in [2.24, 2.45) is 0 Å². The Bertz CT molecular complexity index is 827. The number of phenolic OH excluding ortho intramolecular Hbond substituents is 1. The summed E-state index contributed by atoms with van der Waals surface area (Å²) in [6.07, 6.45) is 5.56. The van der Waals surface area contributed by atoms with Crippen LogP contribution >= 0.6 is 11.6 Å². The molecule has 3 rings (SSSR count). The van der Waals surface area contributed by atoms with E-state index in [4.69, 9.17) is 11.6 Å². The normalized spacial score (nSPS) is 11.0. The number of benzene rings is 2. The SMILES string of the molecule is Oc1ccccc1-c1cccnc1C=Cc1ccccc1Cl. The van der Waals surface area contributed by atoms with Crippen LogP contribution in [0.25, 0.3) is 23.3 Å². The van der Waals surface area contributed by atoms with Gasteiger partial charge in [0.15, 0.2) is 0 Å². The second-order valence-electron chi connectivity index (χ2n) is 4.81. The molecule has 0 amide bonds. The topological polar surface area (TPSA) is 33.1 Å². The van der Waals surface area contributed by atoms with Crippen LogP contribution in [0.4, 0.5) is 0 Å². The first-order chi connectivity index (χ1) is 10.8. The fourth-order valence-corrected chi connectivity index (χ4v) is 2.46. The van der Waals surface area contributed by atoms with Crippen molar-refractivity contribution in [3.8, 4) is 16.9 Å². The minimum atomic E-state index is 0.239.